The first-order valence-corrected chi connectivity index (χ1v) is 20.8. The van der Waals surface area contributed by atoms with Gasteiger partial charge < -0.3 is 28.6 Å². The van der Waals surface area contributed by atoms with Crippen LogP contribution in [0.2, 0.25) is 0 Å². The Bertz CT molecular complexity index is 1950. The standard InChI is InChI=1S/C42H61FN4O11S/c1-14-22-54-36(49)44-59(52,53)46(26-33(48)56-40(5,6)7)35-32(55-27-28-18-16-15-17-19-28)24-31-30(34(35)43)23-29(47(31)38(51)58-42(11,12)13)25-45(21-20-39(2,3)4)37(50)57-41(8,9)10/h14-19,24,29H,1,20-23,25-27H2,2-13H3,(H,44,49)/t29-/m1/s1. The van der Waals surface area contributed by atoms with Gasteiger partial charge in [0.25, 0.3) is 0 Å². The van der Waals surface area contributed by atoms with Gasteiger partial charge in [-0.25, -0.2) is 27.8 Å². The van der Waals surface area contributed by atoms with Gasteiger partial charge in [-0.15, -0.1) is 0 Å². The fourth-order valence-corrected chi connectivity index (χ4v) is 6.83. The lowest BCUT2D eigenvalue weighted by Crippen LogP contribution is -2.50. The summed E-state index contributed by atoms with van der Waals surface area (Å²) in [7, 11) is -5.16. The zero-order valence-electron chi connectivity index (χ0n) is 36.4. The van der Waals surface area contributed by atoms with Crippen LogP contribution in [0.4, 0.5) is 30.1 Å². The van der Waals surface area contributed by atoms with Gasteiger partial charge in [0, 0.05) is 31.1 Å². The number of benzene rings is 2. The van der Waals surface area contributed by atoms with E-state index in [1.807, 2.05) is 20.8 Å². The summed E-state index contributed by atoms with van der Waals surface area (Å²) in [5.41, 5.74) is -3.47. The molecular weight excluding hydrogens is 788 g/mol. The number of hydrogen-bond acceptors (Lipinski definition) is 11. The van der Waals surface area contributed by atoms with Gasteiger partial charge in [0.2, 0.25) is 0 Å². The number of amides is 3. The molecule has 59 heavy (non-hydrogen) atoms. The fourth-order valence-electron chi connectivity index (χ4n) is 5.77. The summed E-state index contributed by atoms with van der Waals surface area (Å²) < 4.78 is 75.9. The van der Waals surface area contributed by atoms with E-state index in [0.717, 1.165) is 0 Å². The van der Waals surface area contributed by atoms with E-state index in [1.54, 1.807) is 97.4 Å². The van der Waals surface area contributed by atoms with Crippen LogP contribution in [-0.2, 0) is 47.0 Å². The maximum absolute atomic E-state index is 17.7. The molecule has 0 radical (unpaired) electrons. The van der Waals surface area contributed by atoms with Crippen LogP contribution >= 0.6 is 0 Å². The van der Waals surface area contributed by atoms with Crippen molar-refractivity contribution in [1.29, 1.82) is 0 Å². The molecule has 1 heterocycles. The second-order valence-corrected chi connectivity index (χ2v) is 19.9. The zero-order chi connectivity index (χ0) is 44.7. The topological polar surface area (TPSA) is 170 Å². The number of rotatable bonds is 14. The van der Waals surface area contributed by atoms with E-state index < -0.39 is 81.1 Å². The average Bonchev–Trinajstić information content (AvgIpc) is 3.43. The van der Waals surface area contributed by atoms with E-state index in [4.69, 9.17) is 23.7 Å². The third-order valence-electron chi connectivity index (χ3n) is 8.17. The molecule has 3 amide bonds. The summed E-state index contributed by atoms with van der Waals surface area (Å²) in [5.74, 6) is -2.69. The van der Waals surface area contributed by atoms with Gasteiger partial charge in [-0.05, 0) is 79.7 Å². The monoisotopic (exact) mass is 848 g/mol. The van der Waals surface area contributed by atoms with Gasteiger partial charge in [0.15, 0.2) is 5.82 Å². The summed E-state index contributed by atoms with van der Waals surface area (Å²) in [5, 5.41) is 0. The number of nitrogens with one attached hydrogen (secondary N) is 1. The van der Waals surface area contributed by atoms with Gasteiger partial charge in [0.1, 0.15) is 48.0 Å². The highest BCUT2D eigenvalue weighted by atomic mass is 32.2. The lowest BCUT2D eigenvalue weighted by molar-refractivity contribution is -0.152. The smallest absolute Gasteiger partial charge is 0.422 e. The molecule has 0 fully saturated rings. The van der Waals surface area contributed by atoms with Gasteiger partial charge in [-0.2, -0.15) is 8.42 Å². The first-order chi connectivity index (χ1) is 27.0. The summed E-state index contributed by atoms with van der Waals surface area (Å²) >= 11 is 0. The molecule has 0 aromatic heterocycles. The summed E-state index contributed by atoms with van der Waals surface area (Å²) in [6, 6.07) is 9.03. The molecule has 0 aliphatic carbocycles. The van der Waals surface area contributed by atoms with E-state index in [-0.39, 0.29) is 49.4 Å². The van der Waals surface area contributed by atoms with Crippen LogP contribution < -0.4 is 18.7 Å². The predicted octanol–water partition coefficient (Wildman–Crippen LogP) is 8.05. The van der Waals surface area contributed by atoms with Gasteiger partial charge >= 0.3 is 34.5 Å². The van der Waals surface area contributed by atoms with Crippen LogP contribution in [0.25, 0.3) is 0 Å². The first-order valence-electron chi connectivity index (χ1n) is 19.3. The summed E-state index contributed by atoms with van der Waals surface area (Å²) in [6.07, 6.45) is -1.43. The van der Waals surface area contributed by atoms with E-state index in [9.17, 15) is 27.6 Å². The van der Waals surface area contributed by atoms with Crippen LogP contribution in [0.1, 0.15) is 101 Å². The van der Waals surface area contributed by atoms with E-state index >= 15 is 4.39 Å². The molecule has 0 saturated carbocycles. The van der Waals surface area contributed by atoms with Crippen molar-refractivity contribution in [2.24, 2.45) is 5.41 Å². The van der Waals surface area contributed by atoms with Crippen molar-refractivity contribution in [2.75, 3.05) is 35.4 Å². The lowest BCUT2D eigenvalue weighted by atomic mass is 9.92. The van der Waals surface area contributed by atoms with Crippen LogP contribution in [0, 0.1) is 11.2 Å². The minimum atomic E-state index is -5.16. The molecule has 17 heteroatoms. The molecule has 1 aliphatic heterocycles. The third kappa shape index (κ3) is 14.9. The van der Waals surface area contributed by atoms with Gasteiger partial charge in [-0.1, -0.05) is 63.8 Å². The van der Waals surface area contributed by atoms with Crippen molar-refractivity contribution in [1.82, 2.24) is 9.62 Å². The third-order valence-corrected chi connectivity index (χ3v) is 9.48. The Hall–Kier alpha value is -5.06. The van der Waals surface area contributed by atoms with Crippen LogP contribution in [0.5, 0.6) is 5.75 Å². The van der Waals surface area contributed by atoms with Crippen molar-refractivity contribution in [2.45, 2.75) is 125 Å². The van der Waals surface area contributed by atoms with Crippen LogP contribution in [-0.4, -0.2) is 86.7 Å². The lowest BCUT2D eigenvalue weighted by Gasteiger charge is -2.34. The second kappa shape index (κ2) is 18.9. The highest BCUT2D eigenvalue weighted by molar-refractivity contribution is 7.91. The number of anilines is 2. The molecule has 1 N–H and O–H groups in total. The first kappa shape index (κ1) is 48.3. The maximum atomic E-state index is 17.7. The Kier molecular flexibility index (Phi) is 15.5. The zero-order valence-corrected chi connectivity index (χ0v) is 37.2. The molecule has 0 saturated heterocycles. The van der Waals surface area contributed by atoms with Crippen molar-refractivity contribution in [3.8, 4) is 5.75 Å². The van der Waals surface area contributed by atoms with Gasteiger partial charge in [0.05, 0.1) is 11.7 Å². The Morgan fingerprint density at radius 1 is 0.915 bits per heavy atom. The molecular formula is C42H61FN4O11S. The molecule has 2 aromatic carbocycles. The maximum Gasteiger partial charge on any atom is 0.422 e. The number of fused-ring (bicyclic) bond motifs is 1. The number of hydrogen-bond donors (Lipinski definition) is 1. The molecule has 1 atom stereocenters. The fraction of sp³-hybridized carbons (Fsp3) is 0.571. The average molecular weight is 849 g/mol. The Balaban J connectivity index is 2.34. The van der Waals surface area contributed by atoms with E-state index in [2.05, 4.69) is 6.58 Å². The van der Waals surface area contributed by atoms with Gasteiger partial charge in [-0.3, -0.25) is 9.69 Å². The largest absolute Gasteiger partial charge is 0.487 e. The van der Waals surface area contributed by atoms with Crippen molar-refractivity contribution in [3.05, 3.63) is 66.0 Å². The van der Waals surface area contributed by atoms with Crippen molar-refractivity contribution >= 4 is 45.8 Å². The second-order valence-electron chi connectivity index (χ2n) is 18.3. The normalized spacial score (nSPS) is 14.5. The molecule has 15 nitrogen and oxygen atoms in total. The molecule has 0 bridgehead atoms. The van der Waals surface area contributed by atoms with Crippen LogP contribution in [0.15, 0.2) is 49.1 Å². The number of carbonyl (C=O) groups excluding carboxylic acids is 4. The molecule has 0 unspecified atom stereocenters. The van der Waals surface area contributed by atoms with Crippen molar-refractivity contribution < 1.29 is 55.7 Å². The minimum Gasteiger partial charge on any atom is -0.487 e. The predicted molar refractivity (Wildman–Crippen MR) is 222 cm³/mol. The highest BCUT2D eigenvalue weighted by Gasteiger charge is 2.44. The Labute approximate surface area is 348 Å². The summed E-state index contributed by atoms with van der Waals surface area (Å²) in [6.45, 7) is 22.7. The number of nitrogens with zero attached hydrogens (tertiary/aromatic N) is 3. The minimum absolute atomic E-state index is 0.0264. The molecule has 328 valence electrons. The Morgan fingerprint density at radius 3 is 2.05 bits per heavy atom. The molecule has 0 spiro atoms. The molecule has 3 rings (SSSR count). The number of ether oxygens (including phenoxy) is 5. The SMILES string of the molecule is C=CCOC(=O)NS(=O)(=O)N(CC(=O)OC(C)(C)C)c1c(OCc2ccccc2)cc2c(c1F)C[C@H](CN(CCC(C)(C)C)C(=O)OC(C)(C)C)N2C(=O)OC(C)(C)C. The van der Waals surface area contributed by atoms with Crippen LogP contribution in [0.3, 0.4) is 0 Å². The van der Waals surface area contributed by atoms with E-state index in [0.29, 0.717) is 16.3 Å². The quantitative estimate of drug-likeness (QED) is 0.111. The highest BCUT2D eigenvalue weighted by Crippen LogP contribution is 2.46. The molecule has 1 aliphatic rings. The Morgan fingerprint density at radius 2 is 1.51 bits per heavy atom. The van der Waals surface area contributed by atoms with Crippen molar-refractivity contribution in [3.63, 3.8) is 0 Å². The number of esters is 1. The number of carbonyl (C=O) groups is 4. The van der Waals surface area contributed by atoms with E-state index in [1.165, 1.54) is 21.9 Å². The molecule has 2 aromatic rings. The summed E-state index contributed by atoms with van der Waals surface area (Å²) in [4.78, 5) is 56.5. The number of halogens is 1.